The van der Waals surface area contributed by atoms with Crippen LogP contribution in [0, 0.1) is 11.8 Å². The normalized spacial score (nSPS) is 16.0. The summed E-state index contributed by atoms with van der Waals surface area (Å²) < 4.78 is 0. The largest absolute Gasteiger partial charge is 0.356 e. The van der Waals surface area contributed by atoms with E-state index in [0.717, 1.165) is 24.4 Å². The molecule has 1 aromatic rings. The lowest BCUT2D eigenvalue weighted by Gasteiger charge is -2.31. The Kier molecular flexibility index (Phi) is 5.61. The van der Waals surface area contributed by atoms with E-state index >= 15 is 0 Å². The molecule has 0 atom stereocenters. The van der Waals surface area contributed by atoms with Crippen LogP contribution in [0.25, 0.3) is 0 Å². The molecule has 5 nitrogen and oxygen atoms in total. The number of carbonyl (C=O) groups is 2. The van der Waals surface area contributed by atoms with Crippen molar-refractivity contribution in [3.8, 4) is 0 Å². The van der Waals surface area contributed by atoms with Gasteiger partial charge < -0.3 is 10.2 Å². The van der Waals surface area contributed by atoms with Crippen molar-refractivity contribution in [2.45, 2.75) is 26.7 Å². The van der Waals surface area contributed by atoms with Gasteiger partial charge in [-0.2, -0.15) is 0 Å². The molecule has 116 valence electrons. The Bertz CT molecular complexity index is 465. The average molecular weight is 309 g/mol. The molecule has 0 bridgehead atoms. The Balaban J connectivity index is 1.75. The second-order valence-corrected chi connectivity index (χ2v) is 6.76. The van der Waals surface area contributed by atoms with Gasteiger partial charge in [0.1, 0.15) is 0 Å². The molecule has 0 radical (unpaired) electrons. The van der Waals surface area contributed by atoms with E-state index in [0.29, 0.717) is 19.0 Å². The zero-order valence-corrected chi connectivity index (χ0v) is 13.4. The number of likely N-dealkylation sites (tertiary alicyclic amines) is 1. The number of rotatable bonds is 4. The lowest BCUT2D eigenvalue weighted by molar-refractivity contribution is -0.126. The van der Waals surface area contributed by atoms with Crippen LogP contribution in [0.2, 0.25) is 0 Å². The molecule has 1 aliphatic rings. The summed E-state index contributed by atoms with van der Waals surface area (Å²) in [5.74, 6) is 0.627. The number of hydrogen-bond donors (Lipinski definition) is 2. The third-order valence-corrected chi connectivity index (χ3v) is 4.37. The number of hydrogen-bond acceptors (Lipinski definition) is 3. The van der Waals surface area contributed by atoms with Crippen LogP contribution in [-0.4, -0.2) is 36.5 Å². The number of nitrogens with zero attached hydrogens (tertiary/aromatic N) is 1. The van der Waals surface area contributed by atoms with Crippen LogP contribution >= 0.6 is 11.3 Å². The number of anilines is 1. The Morgan fingerprint density at radius 1 is 1.38 bits per heavy atom. The van der Waals surface area contributed by atoms with Crippen molar-refractivity contribution in [2.75, 3.05) is 25.0 Å². The molecule has 2 rings (SSSR count). The first kappa shape index (κ1) is 15.8. The third kappa shape index (κ3) is 4.74. The minimum Gasteiger partial charge on any atom is -0.356 e. The van der Waals surface area contributed by atoms with E-state index < -0.39 is 0 Å². The smallest absolute Gasteiger partial charge is 0.322 e. The summed E-state index contributed by atoms with van der Waals surface area (Å²) in [5, 5.41) is 8.65. The van der Waals surface area contributed by atoms with Crippen LogP contribution in [0.4, 0.5) is 9.80 Å². The van der Waals surface area contributed by atoms with Crippen molar-refractivity contribution >= 4 is 28.3 Å². The fraction of sp³-hybridized carbons (Fsp3) is 0.600. The molecule has 6 heteroatoms. The molecule has 2 N–H and O–H groups in total. The Hall–Kier alpha value is -1.56. The molecule has 1 aromatic heterocycles. The number of amides is 3. The van der Waals surface area contributed by atoms with Gasteiger partial charge in [-0.25, -0.2) is 4.79 Å². The number of piperidine rings is 1. The van der Waals surface area contributed by atoms with E-state index in [9.17, 15) is 9.59 Å². The fourth-order valence-corrected chi connectivity index (χ4v) is 2.94. The summed E-state index contributed by atoms with van der Waals surface area (Å²) in [5.41, 5.74) is 0. The van der Waals surface area contributed by atoms with Gasteiger partial charge in [-0.3, -0.25) is 10.1 Å². The quantitative estimate of drug-likeness (QED) is 0.898. The first-order valence-corrected chi connectivity index (χ1v) is 8.31. The molecule has 1 saturated heterocycles. The molecule has 0 spiro atoms. The molecular weight excluding hydrogens is 286 g/mol. The molecule has 21 heavy (non-hydrogen) atoms. The van der Waals surface area contributed by atoms with Crippen LogP contribution in [0.3, 0.4) is 0 Å². The van der Waals surface area contributed by atoms with Crippen molar-refractivity contribution in [3.05, 3.63) is 17.5 Å². The van der Waals surface area contributed by atoms with Crippen molar-refractivity contribution < 1.29 is 9.59 Å². The Morgan fingerprint density at radius 2 is 2.10 bits per heavy atom. The second kappa shape index (κ2) is 7.45. The SMILES string of the molecule is CC(C)CNC(=O)C1CCN(C(=O)Nc2cccs2)CC1. The van der Waals surface area contributed by atoms with Crippen LogP contribution in [0.15, 0.2) is 17.5 Å². The summed E-state index contributed by atoms with van der Waals surface area (Å²) in [7, 11) is 0. The van der Waals surface area contributed by atoms with Crippen LogP contribution in [0.1, 0.15) is 26.7 Å². The predicted octanol–water partition coefficient (Wildman–Crippen LogP) is 2.76. The van der Waals surface area contributed by atoms with Gasteiger partial charge >= 0.3 is 6.03 Å². The first-order chi connectivity index (χ1) is 10.1. The minimum absolute atomic E-state index is 0.0366. The van der Waals surface area contributed by atoms with E-state index in [4.69, 9.17) is 0 Å². The summed E-state index contributed by atoms with van der Waals surface area (Å²) >= 11 is 1.51. The van der Waals surface area contributed by atoms with Crippen LogP contribution in [-0.2, 0) is 4.79 Å². The molecule has 0 aliphatic carbocycles. The predicted molar refractivity (Wildman–Crippen MR) is 85.5 cm³/mol. The monoisotopic (exact) mass is 309 g/mol. The maximum absolute atomic E-state index is 12.1. The van der Waals surface area contributed by atoms with Crippen LogP contribution < -0.4 is 10.6 Å². The van der Waals surface area contributed by atoms with Gasteiger partial charge in [-0.1, -0.05) is 13.8 Å². The maximum atomic E-state index is 12.1. The number of nitrogens with one attached hydrogen (secondary N) is 2. The topological polar surface area (TPSA) is 61.4 Å². The van der Waals surface area contributed by atoms with Crippen molar-refractivity contribution in [2.24, 2.45) is 11.8 Å². The number of urea groups is 1. The summed E-state index contributed by atoms with van der Waals surface area (Å²) in [6, 6.07) is 3.72. The van der Waals surface area contributed by atoms with Gasteiger partial charge in [0.15, 0.2) is 0 Å². The van der Waals surface area contributed by atoms with Gasteiger partial charge in [-0.05, 0) is 36.3 Å². The zero-order valence-electron chi connectivity index (χ0n) is 12.6. The Morgan fingerprint density at radius 3 is 2.67 bits per heavy atom. The summed E-state index contributed by atoms with van der Waals surface area (Å²) in [4.78, 5) is 25.9. The molecule has 0 unspecified atom stereocenters. The van der Waals surface area contributed by atoms with Crippen molar-refractivity contribution in [3.63, 3.8) is 0 Å². The minimum atomic E-state index is -0.0708. The highest BCUT2D eigenvalue weighted by molar-refractivity contribution is 7.14. The fourth-order valence-electron chi connectivity index (χ4n) is 2.33. The van der Waals surface area contributed by atoms with E-state index in [1.165, 1.54) is 11.3 Å². The highest BCUT2D eigenvalue weighted by Gasteiger charge is 2.27. The number of carbonyl (C=O) groups excluding carboxylic acids is 2. The molecule has 1 aliphatic heterocycles. The van der Waals surface area contributed by atoms with E-state index in [2.05, 4.69) is 24.5 Å². The molecule has 0 aromatic carbocycles. The molecule has 3 amide bonds. The second-order valence-electron chi connectivity index (χ2n) is 5.81. The van der Waals surface area contributed by atoms with Crippen molar-refractivity contribution in [1.82, 2.24) is 10.2 Å². The molecule has 0 saturated carbocycles. The molecule has 1 fully saturated rings. The van der Waals surface area contributed by atoms with Gasteiger partial charge in [0, 0.05) is 25.6 Å². The zero-order chi connectivity index (χ0) is 15.2. The van der Waals surface area contributed by atoms with Crippen molar-refractivity contribution in [1.29, 1.82) is 0 Å². The Labute approximate surface area is 129 Å². The average Bonchev–Trinajstić information content (AvgIpc) is 2.97. The molecular formula is C15H23N3O2S. The van der Waals surface area contributed by atoms with Crippen LogP contribution in [0.5, 0.6) is 0 Å². The number of thiophene rings is 1. The standard InChI is InChI=1S/C15H23N3O2S/c1-11(2)10-16-14(19)12-5-7-18(8-6-12)15(20)17-13-4-3-9-21-13/h3-4,9,11-12H,5-8,10H2,1-2H3,(H,16,19)(H,17,20). The van der Waals surface area contributed by atoms with Gasteiger partial charge in [-0.15, -0.1) is 11.3 Å². The molecule has 2 heterocycles. The van der Waals surface area contributed by atoms with Gasteiger partial charge in [0.25, 0.3) is 0 Å². The lowest BCUT2D eigenvalue weighted by Crippen LogP contribution is -2.44. The van der Waals surface area contributed by atoms with E-state index in [1.807, 2.05) is 17.5 Å². The summed E-state index contributed by atoms with van der Waals surface area (Å²) in [6.45, 7) is 6.15. The first-order valence-electron chi connectivity index (χ1n) is 7.43. The highest BCUT2D eigenvalue weighted by Crippen LogP contribution is 2.20. The van der Waals surface area contributed by atoms with Gasteiger partial charge in [0.05, 0.1) is 5.00 Å². The van der Waals surface area contributed by atoms with E-state index in [1.54, 1.807) is 4.90 Å². The lowest BCUT2D eigenvalue weighted by atomic mass is 9.96. The summed E-state index contributed by atoms with van der Waals surface area (Å²) in [6.07, 6.45) is 1.48. The van der Waals surface area contributed by atoms with Gasteiger partial charge in [0.2, 0.25) is 5.91 Å². The maximum Gasteiger partial charge on any atom is 0.322 e. The highest BCUT2D eigenvalue weighted by atomic mass is 32.1. The van der Waals surface area contributed by atoms with E-state index in [-0.39, 0.29) is 17.9 Å². The third-order valence-electron chi connectivity index (χ3n) is 3.59.